The standard InChI is InChI=1S/C20H23FN10O8P2S/c21-11-10-3-34-40(32)38-9-1-8(36-19(9)30-6-28-12-15(22)24-4-26-17(12)30)2-35-41(33,42)39-14(11)20(37-10)31-7-29-13-16(23)25-5-27-18(13)31/h4-11,14,19-20,40H,1-3H2,(H,33,42)(H2,22,24,26)(H2,23,25,27)/t8-,9+,10+,11+,14+,19+,20+,41+/m0/s1. The number of imidazole rings is 2. The average molecular weight is 644 g/mol. The van der Waals surface area contributed by atoms with Crippen molar-refractivity contribution in [1.29, 1.82) is 0 Å². The van der Waals surface area contributed by atoms with Crippen LogP contribution < -0.4 is 11.5 Å². The van der Waals surface area contributed by atoms with Gasteiger partial charge in [0.15, 0.2) is 41.6 Å². The summed E-state index contributed by atoms with van der Waals surface area (Å²) in [6.07, 6.45) is -3.12. The lowest BCUT2D eigenvalue weighted by Crippen LogP contribution is -2.32. The second kappa shape index (κ2) is 10.7. The molecular formula is C20H23FN10O8P2S. The van der Waals surface area contributed by atoms with Crippen LogP contribution in [0.15, 0.2) is 25.3 Å². The fourth-order valence-corrected chi connectivity index (χ4v) is 7.42. The summed E-state index contributed by atoms with van der Waals surface area (Å²) in [5.74, 6) is 0.252. The number of hydrogen-bond acceptors (Lipinski definition) is 16. The lowest BCUT2D eigenvalue weighted by Gasteiger charge is -2.24. The minimum Gasteiger partial charge on any atom is -0.382 e. The van der Waals surface area contributed by atoms with Crippen molar-refractivity contribution in [3.05, 3.63) is 25.3 Å². The molecule has 3 aliphatic heterocycles. The number of nitrogen functional groups attached to an aromatic ring is 2. The van der Waals surface area contributed by atoms with E-state index in [4.69, 9.17) is 39.0 Å². The Morgan fingerprint density at radius 2 is 1.57 bits per heavy atom. The lowest BCUT2D eigenvalue weighted by atomic mass is 10.1. The Labute approximate surface area is 240 Å². The third-order valence-corrected chi connectivity index (χ3v) is 9.54. The first-order valence-electron chi connectivity index (χ1n) is 12.5. The van der Waals surface area contributed by atoms with E-state index in [2.05, 4.69) is 42.2 Å². The normalized spacial score (nSPS) is 36.0. The molecular weight excluding hydrogens is 621 g/mol. The first-order chi connectivity index (χ1) is 20.2. The molecule has 4 aromatic rings. The molecule has 1 unspecified atom stereocenters. The number of fused-ring (bicyclic) bond motifs is 6. The van der Waals surface area contributed by atoms with Gasteiger partial charge in [-0.2, -0.15) is 0 Å². The Kier molecular flexibility index (Phi) is 7.15. The third-order valence-electron chi connectivity index (χ3n) is 7.02. The van der Waals surface area contributed by atoms with Crippen LogP contribution in [0.2, 0.25) is 0 Å². The van der Waals surface area contributed by atoms with Gasteiger partial charge in [0, 0.05) is 6.42 Å². The van der Waals surface area contributed by atoms with E-state index in [1.54, 1.807) is 4.57 Å². The number of thiol groups is 1. The maximum Gasteiger partial charge on any atom is 0.386 e. The highest BCUT2D eigenvalue weighted by molar-refractivity contribution is 8.44. The van der Waals surface area contributed by atoms with Crippen molar-refractivity contribution < 1.29 is 41.1 Å². The van der Waals surface area contributed by atoms with Crippen molar-refractivity contribution in [2.45, 2.75) is 49.5 Å². The van der Waals surface area contributed by atoms with Crippen molar-refractivity contribution >= 4 is 61.3 Å². The third kappa shape index (κ3) is 4.95. The quantitative estimate of drug-likeness (QED) is 0.208. The summed E-state index contributed by atoms with van der Waals surface area (Å²) in [4.78, 5) is 24.6. The van der Waals surface area contributed by atoms with Crippen LogP contribution in [0.4, 0.5) is 16.0 Å². The molecule has 18 nitrogen and oxygen atoms in total. The van der Waals surface area contributed by atoms with Crippen LogP contribution in [0.3, 0.4) is 0 Å². The fourth-order valence-electron chi connectivity index (χ4n) is 5.12. The van der Waals surface area contributed by atoms with Crippen LogP contribution in [-0.2, 0) is 36.7 Å². The highest BCUT2D eigenvalue weighted by Gasteiger charge is 2.51. The summed E-state index contributed by atoms with van der Waals surface area (Å²) in [5, 5.41) is 0. The topological polar surface area (TPSA) is 229 Å². The predicted octanol–water partition coefficient (Wildman–Crippen LogP) is 1.60. The van der Waals surface area contributed by atoms with Gasteiger partial charge in [0.1, 0.15) is 42.0 Å². The van der Waals surface area contributed by atoms with Crippen LogP contribution in [0.25, 0.3) is 22.3 Å². The molecule has 0 saturated carbocycles. The average Bonchev–Trinajstić information content (AvgIpc) is 3.72. The van der Waals surface area contributed by atoms with Gasteiger partial charge in [-0.15, -0.1) is 0 Å². The zero-order chi connectivity index (χ0) is 29.2. The van der Waals surface area contributed by atoms with Gasteiger partial charge in [-0.25, -0.2) is 38.9 Å². The number of alkyl halides is 1. The van der Waals surface area contributed by atoms with E-state index in [1.807, 2.05) is 0 Å². The van der Waals surface area contributed by atoms with Crippen molar-refractivity contribution in [2.75, 3.05) is 24.7 Å². The first-order valence-corrected chi connectivity index (χ1v) is 16.4. The second-order valence-electron chi connectivity index (χ2n) is 9.61. The highest BCUT2D eigenvalue weighted by atomic mass is 32.7. The number of ether oxygens (including phenoxy) is 2. The lowest BCUT2D eigenvalue weighted by molar-refractivity contribution is -0.0567. The maximum absolute atomic E-state index is 15.8. The Bertz CT molecular complexity index is 1730. The van der Waals surface area contributed by atoms with Gasteiger partial charge >= 0.3 is 15.1 Å². The molecule has 4 aromatic heterocycles. The molecule has 0 aromatic carbocycles. The first kappa shape index (κ1) is 28.0. The Hall–Kier alpha value is -2.80. The molecule has 4 N–H and O–H groups in total. The number of nitrogens with two attached hydrogens (primary N) is 2. The van der Waals surface area contributed by atoms with E-state index in [9.17, 15) is 9.13 Å². The van der Waals surface area contributed by atoms with Crippen molar-refractivity contribution in [1.82, 2.24) is 39.0 Å². The minimum absolute atomic E-state index is 0.0937. The number of halogens is 1. The van der Waals surface area contributed by atoms with Gasteiger partial charge in [-0.05, 0) is 0 Å². The van der Waals surface area contributed by atoms with Gasteiger partial charge in [-0.3, -0.25) is 22.7 Å². The molecule has 3 fully saturated rings. The van der Waals surface area contributed by atoms with E-state index >= 15 is 4.39 Å². The molecule has 3 aliphatic rings. The predicted molar refractivity (Wildman–Crippen MR) is 144 cm³/mol. The SMILES string of the molecule is Nc1ncnc2c1ncn2[C@@H]1O[C@@H]2CO[PH](=O)O[C@@H]3C[C@@H](CO[P@@](=O)(S)O[C@@H]1[C@@H]2F)O[C@H]3n1cnc2c(N)ncnc21. The Balaban J connectivity index is 1.18. The molecule has 9 atom stereocenters. The number of hydrogen-bond donors (Lipinski definition) is 3. The van der Waals surface area contributed by atoms with Crippen LogP contribution in [0, 0.1) is 0 Å². The highest BCUT2D eigenvalue weighted by Crippen LogP contribution is 2.57. The summed E-state index contributed by atoms with van der Waals surface area (Å²) in [6.45, 7) is -5.00. The fraction of sp³-hybridized carbons (Fsp3) is 0.500. The van der Waals surface area contributed by atoms with Gasteiger partial charge in [-0.1, -0.05) is 12.2 Å². The Morgan fingerprint density at radius 1 is 0.929 bits per heavy atom. The molecule has 7 heterocycles. The minimum atomic E-state index is -4.22. The molecule has 0 spiro atoms. The van der Waals surface area contributed by atoms with Crippen LogP contribution in [-0.4, -0.2) is 82.8 Å². The number of anilines is 2. The van der Waals surface area contributed by atoms with Gasteiger partial charge < -0.3 is 30.0 Å². The Morgan fingerprint density at radius 3 is 2.24 bits per heavy atom. The second-order valence-corrected chi connectivity index (χ2v) is 13.5. The number of nitrogens with zero attached hydrogens (tertiary/aromatic N) is 8. The zero-order valence-electron chi connectivity index (χ0n) is 21.2. The molecule has 3 saturated heterocycles. The smallest absolute Gasteiger partial charge is 0.382 e. The molecule has 0 amide bonds. The van der Waals surface area contributed by atoms with E-state index in [-0.39, 0.29) is 35.8 Å². The molecule has 4 bridgehead atoms. The summed E-state index contributed by atoms with van der Waals surface area (Å²) in [6, 6.07) is 0. The summed E-state index contributed by atoms with van der Waals surface area (Å²) < 4.78 is 79.3. The van der Waals surface area contributed by atoms with Gasteiger partial charge in [0.2, 0.25) is 0 Å². The summed E-state index contributed by atoms with van der Waals surface area (Å²) in [7, 11) is -3.21. The molecule has 224 valence electrons. The number of rotatable bonds is 2. The monoisotopic (exact) mass is 644 g/mol. The summed E-state index contributed by atoms with van der Waals surface area (Å²) in [5.41, 5.74) is 12.9. The molecule has 0 aliphatic carbocycles. The van der Waals surface area contributed by atoms with Crippen LogP contribution in [0.1, 0.15) is 18.9 Å². The molecule has 42 heavy (non-hydrogen) atoms. The van der Waals surface area contributed by atoms with Gasteiger partial charge in [0.05, 0.1) is 32.0 Å². The van der Waals surface area contributed by atoms with E-state index < -0.39 is 64.7 Å². The summed E-state index contributed by atoms with van der Waals surface area (Å²) >= 11 is 4.09. The molecule has 22 heteroatoms. The van der Waals surface area contributed by atoms with E-state index in [0.717, 1.165) is 0 Å². The van der Waals surface area contributed by atoms with E-state index in [0.29, 0.717) is 11.2 Å². The van der Waals surface area contributed by atoms with Crippen molar-refractivity contribution in [2.24, 2.45) is 0 Å². The van der Waals surface area contributed by atoms with Crippen molar-refractivity contribution in [3.63, 3.8) is 0 Å². The maximum atomic E-state index is 15.8. The largest absolute Gasteiger partial charge is 0.386 e. The van der Waals surface area contributed by atoms with Crippen molar-refractivity contribution in [3.8, 4) is 0 Å². The van der Waals surface area contributed by atoms with Crippen LogP contribution >= 0.6 is 27.3 Å². The van der Waals surface area contributed by atoms with Crippen LogP contribution in [0.5, 0.6) is 0 Å². The molecule has 0 radical (unpaired) electrons. The van der Waals surface area contributed by atoms with Gasteiger partial charge in [0.25, 0.3) is 0 Å². The zero-order valence-corrected chi connectivity index (χ0v) is 24.0. The van der Waals surface area contributed by atoms with E-state index in [1.165, 1.54) is 29.9 Å². The number of aromatic nitrogens is 8. The molecule has 7 rings (SSSR count).